The van der Waals surface area contributed by atoms with E-state index in [-0.39, 0.29) is 11.3 Å². The van der Waals surface area contributed by atoms with Gasteiger partial charge in [0.1, 0.15) is 11.3 Å². The van der Waals surface area contributed by atoms with E-state index in [0.717, 1.165) is 17.7 Å². The average molecular weight is 366 g/mol. The summed E-state index contributed by atoms with van der Waals surface area (Å²) in [6.07, 6.45) is 1.36. The largest absolute Gasteiger partial charge is 0.507 e. The summed E-state index contributed by atoms with van der Waals surface area (Å²) < 4.78 is 5.21. The van der Waals surface area contributed by atoms with Gasteiger partial charge in [0, 0.05) is 11.1 Å². The Morgan fingerprint density at radius 1 is 0.889 bits per heavy atom. The topological polar surface area (TPSA) is 129 Å². The Hall–Kier alpha value is -4.07. The van der Waals surface area contributed by atoms with Crippen LogP contribution in [0.2, 0.25) is 0 Å². The summed E-state index contributed by atoms with van der Waals surface area (Å²) in [4.78, 5) is 35.5. The summed E-state index contributed by atoms with van der Waals surface area (Å²) >= 11 is 0. The third kappa shape index (κ3) is 3.79. The van der Waals surface area contributed by atoms with Crippen LogP contribution >= 0.6 is 0 Å². The van der Waals surface area contributed by atoms with Crippen molar-refractivity contribution >= 4 is 17.8 Å². The van der Waals surface area contributed by atoms with Crippen molar-refractivity contribution in [3.05, 3.63) is 77.7 Å². The number of aromatic carboxylic acids is 1. The number of carboxylic acid groups (broad SMARTS) is 1. The number of nitrogens with one attached hydrogen (secondary N) is 2. The molecule has 0 unspecified atom stereocenters. The molecule has 27 heavy (non-hydrogen) atoms. The Bertz CT molecular complexity index is 1010. The van der Waals surface area contributed by atoms with Crippen LogP contribution in [-0.4, -0.2) is 28.0 Å². The molecule has 1 aromatic heterocycles. The summed E-state index contributed by atoms with van der Waals surface area (Å²) in [5, 5.41) is 18.5. The summed E-state index contributed by atoms with van der Waals surface area (Å²) in [6.45, 7) is 0. The highest BCUT2D eigenvalue weighted by molar-refractivity contribution is 6.02. The lowest BCUT2D eigenvalue weighted by Gasteiger charge is -2.08. The second-order valence-corrected chi connectivity index (χ2v) is 5.47. The molecule has 0 radical (unpaired) electrons. The second kappa shape index (κ2) is 7.44. The Kier molecular flexibility index (Phi) is 4.89. The minimum absolute atomic E-state index is 0.0124. The van der Waals surface area contributed by atoms with Crippen LogP contribution in [0.15, 0.2) is 65.3 Å². The molecule has 2 amide bonds. The Morgan fingerprint density at radius 2 is 1.59 bits per heavy atom. The van der Waals surface area contributed by atoms with Crippen molar-refractivity contribution in [3.63, 3.8) is 0 Å². The number of furan rings is 1. The van der Waals surface area contributed by atoms with E-state index in [2.05, 4.69) is 10.9 Å². The van der Waals surface area contributed by atoms with Gasteiger partial charge in [0.05, 0.1) is 6.26 Å². The number of hydrazine groups is 1. The molecule has 0 spiro atoms. The van der Waals surface area contributed by atoms with E-state index in [9.17, 15) is 19.5 Å². The van der Waals surface area contributed by atoms with Crippen LogP contribution in [0, 0.1) is 0 Å². The molecule has 3 rings (SSSR count). The van der Waals surface area contributed by atoms with Crippen molar-refractivity contribution in [1.82, 2.24) is 10.9 Å². The molecule has 4 N–H and O–H groups in total. The van der Waals surface area contributed by atoms with E-state index < -0.39 is 29.1 Å². The van der Waals surface area contributed by atoms with Gasteiger partial charge in [-0.3, -0.25) is 20.4 Å². The van der Waals surface area contributed by atoms with E-state index in [1.165, 1.54) is 12.3 Å². The highest BCUT2D eigenvalue weighted by Crippen LogP contribution is 2.24. The molecule has 2 aromatic carbocycles. The van der Waals surface area contributed by atoms with Gasteiger partial charge in [-0.15, -0.1) is 0 Å². The summed E-state index contributed by atoms with van der Waals surface area (Å²) in [7, 11) is 0. The van der Waals surface area contributed by atoms with Crippen molar-refractivity contribution in [2.75, 3.05) is 0 Å². The van der Waals surface area contributed by atoms with Crippen LogP contribution in [0.25, 0.3) is 11.1 Å². The van der Waals surface area contributed by atoms with Crippen molar-refractivity contribution in [1.29, 1.82) is 0 Å². The number of carbonyl (C=O) groups is 3. The standard InChI is InChI=1S/C19H14N2O6/c22-15-7-6-12(10-14(15)19(25)26)17(23)20-21-18(24)16-13(8-9-27-16)11-4-2-1-3-5-11/h1-10,22H,(H,20,23)(H,21,24)(H,25,26). The molecule has 3 aromatic rings. The zero-order valence-electron chi connectivity index (χ0n) is 13.8. The molecule has 0 saturated carbocycles. The normalized spacial score (nSPS) is 10.2. The van der Waals surface area contributed by atoms with Gasteiger partial charge in [-0.25, -0.2) is 4.79 Å². The molecule has 0 aliphatic carbocycles. The SMILES string of the molecule is O=C(NNC(=O)c1occc1-c1ccccc1)c1ccc(O)c(C(=O)O)c1. The Balaban J connectivity index is 1.72. The van der Waals surface area contributed by atoms with Crippen molar-refractivity contribution in [2.24, 2.45) is 0 Å². The van der Waals surface area contributed by atoms with Crippen LogP contribution in [0.5, 0.6) is 5.75 Å². The molecular formula is C19H14N2O6. The number of rotatable bonds is 4. The molecule has 0 aliphatic rings. The van der Waals surface area contributed by atoms with Gasteiger partial charge in [0.2, 0.25) is 5.76 Å². The number of amides is 2. The number of hydrogen-bond acceptors (Lipinski definition) is 5. The number of hydrogen-bond donors (Lipinski definition) is 4. The fourth-order valence-corrected chi connectivity index (χ4v) is 2.42. The Labute approximate surface area is 153 Å². The third-order valence-corrected chi connectivity index (χ3v) is 3.73. The van der Waals surface area contributed by atoms with Crippen LogP contribution in [0.4, 0.5) is 0 Å². The maximum atomic E-state index is 12.3. The molecule has 136 valence electrons. The lowest BCUT2D eigenvalue weighted by Crippen LogP contribution is -2.41. The van der Waals surface area contributed by atoms with E-state index in [4.69, 9.17) is 9.52 Å². The fraction of sp³-hybridized carbons (Fsp3) is 0. The van der Waals surface area contributed by atoms with Gasteiger partial charge in [-0.1, -0.05) is 30.3 Å². The number of carbonyl (C=O) groups excluding carboxylic acids is 2. The van der Waals surface area contributed by atoms with Gasteiger partial charge in [0.25, 0.3) is 5.91 Å². The maximum absolute atomic E-state index is 12.3. The smallest absolute Gasteiger partial charge is 0.339 e. The molecule has 8 nitrogen and oxygen atoms in total. The van der Waals surface area contributed by atoms with Crippen LogP contribution in [0.1, 0.15) is 31.3 Å². The molecule has 1 heterocycles. The van der Waals surface area contributed by atoms with Gasteiger partial charge in [-0.05, 0) is 29.8 Å². The predicted octanol–water partition coefficient (Wildman–Crippen LogP) is 2.43. The van der Waals surface area contributed by atoms with Gasteiger partial charge in [-0.2, -0.15) is 0 Å². The summed E-state index contributed by atoms with van der Waals surface area (Å²) in [5.41, 5.74) is 5.25. The lowest BCUT2D eigenvalue weighted by molar-refractivity contribution is 0.0693. The quantitative estimate of drug-likeness (QED) is 0.525. The molecule has 0 aliphatic heterocycles. The first-order chi connectivity index (χ1) is 13.0. The minimum atomic E-state index is -1.38. The summed E-state index contributed by atoms with van der Waals surface area (Å²) in [5.74, 6) is -3.26. The number of benzene rings is 2. The number of carboxylic acids is 1. The second-order valence-electron chi connectivity index (χ2n) is 5.47. The fourth-order valence-electron chi connectivity index (χ4n) is 2.42. The maximum Gasteiger partial charge on any atom is 0.339 e. The first kappa shape index (κ1) is 17.7. The van der Waals surface area contributed by atoms with Gasteiger partial charge in [0.15, 0.2) is 0 Å². The van der Waals surface area contributed by atoms with Crippen molar-refractivity contribution in [3.8, 4) is 16.9 Å². The monoisotopic (exact) mass is 366 g/mol. The average Bonchev–Trinajstić information content (AvgIpc) is 3.16. The van der Waals surface area contributed by atoms with Crippen molar-refractivity contribution < 1.29 is 29.0 Å². The lowest BCUT2D eigenvalue weighted by atomic mass is 10.1. The van der Waals surface area contributed by atoms with Crippen LogP contribution < -0.4 is 10.9 Å². The van der Waals surface area contributed by atoms with E-state index in [1.807, 2.05) is 30.3 Å². The minimum Gasteiger partial charge on any atom is -0.507 e. The van der Waals surface area contributed by atoms with Gasteiger partial charge >= 0.3 is 11.9 Å². The van der Waals surface area contributed by atoms with Crippen molar-refractivity contribution in [2.45, 2.75) is 0 Å². The first-order valence-electron chi connectivity index (χ1n) is 7.77. The van der Waals surface area contributed by atoms with Gasteiger partial charge < -0.3 is 14.6 Å². The zero-order chi connectivity index (χ0) is 19.4. The highest BCUT2D eigenvalue weighted by atomic mass is 16.4. The molecule has 0 atom stereocenters. The first-order valence-corrected chi connectivity index (χ1v) is 7.77. The highest BCUT2D eigenvalue weighted by Gasteiger charge is 2.18. The summed E-state index contributed by atoms with van der Waals surface area (Å²) in [6, 6.07) is 14.0. The number of aromatic hydroxyl groups is 1. The molecule has 0 saturated heterocycles. The van der Waals surface area contributed by atoms with E-state index in [0.29, 0.717) is 5.56 Å². The predicted molar refractivity (Wildman–Crippen MR) is 94.1 cm³/mol. The van der Waals surface area contributed by atoms with Crippen LogP contribution in [0.3, 0.4) is 0 Å². The molecule has 0 bridgehead atoms. The van der Waals surface area contributed by atoms with E-state index in [1.54, 1.807) is 6.07 Å². The molecule has 8 heteroatoms. The Morgan fingerprint density at radius 3 is 2.30 bits per heavy atom. The van der Waals surface area contributed by atoms with Crippen LogP contribution in [-0.2, 0) is 0 Å². The third-order valence-electron chi connectivity index (χ3n) is 3.73. The molecular weight excluding hydrogens is 352 g/mol. The number of phenols is 1. The zero-order valence-corrected chi connectivity index (χ0v) is 13.8. The van der Waals surface area contributed by atoms with E-state index >= 15 is 0 Å². The molecule has 0 fully saturated rings.